The predicted octanol–water partition coefficient (Wildman–Crippen LogP) is 2.89. The van der Waals surface area contributed by atoms with Crippen LogP contribution in [0.4, 0.5) is 5.69 Å². The van der Waals surface area contributed by atoms with Crippen LogP contribution in [-0.2, 0) is 4.79 Å². The van der Waals surface area contributed by atoms with Gasteiger partial charge in [0.1, 0.15) is 5.75 Å². The molecule has 0 saturated heterocycles. The molecule has 0 aliphatic heterocycles. The van der Waals surface area contributed by atoms with Gasteiger partial charge < -0.3 is 10.1 Å². The second-order valence-electron chi connectivity index (χ2n) is 4.47. The summed E-state index contributed by atoms with van der Waals surface area (Å²) in [6, 6.07) is 16.9. The first-order chi connectivity index (χ1) is 10.1. The molecule has 0 radical (unpaired) electrons. The number of hydrogen-bond donors (Lipinski definition) is 2. The third-order valence-corrected chi connectivity index (χ3v) is 2.88. The van der Waals surface area contributed by atoms with Crippen LogP contribution in [0.25, 0.3) is 0 Å². The van der Waals surface area contributed by atoms with Gasteiger partial charge in [-0.05, 0) is 43.4 Å². The van der Waals surface area contributed by atoms with Gasteiger partial charge in [-0.2, -0.15) is 0 Å². The molecule has 1 amide bonds. The smallest absolute Gasteiger partial charge is 0.264 e. The second kappa shape index (κ2) is 7.40. The van der Waals surface area contributed by atoms with Crippen LogP contribution in [0.5, 0.6) is 5.75 Å². The van der Waals surface area contributed by atoms with Gasteiger partial charge in [0, 0.05) is 5.69 Å². The summed E-state index contributed by atoms with van der Waals surface area (Å²) in [4.78, 5) is 11.7. The first kappa shape index (κ1) is 15.0. The summed E-state index contributed by atoms with van der Waals surface area (Å²) in [7, 11) is 0. The van der Waals surface area contributed by atoms with Crippen molar-refractivity contribution in [3.05, 3.63) is 60.2 Å². The molecule has 0 heterocycles. The third-order valence-electron chi connectivity index (χ3n) is 2.68. The molecule has 0 aliphatic carbocycles. The van der Waals surface area contributed by atoms with Gasteiger partial charge in [0.05, 0.1) is 0 Å². The molecule has 0 unspecified atom stereocenters. The highest BCUT2D eigenvalue weighted by Gasteiger charge is 2.05. The number of carbonyl (C=O) groups excluding carboxylic acids is 1. The van der Waals surface area contributed by atoms with Crippen LogP contribution in [0.2, 0.25) is 0 Å². The van der Waals surface area contributed by atoms with Gasteiger partial charge in [0.2, 0.25) is 0 Å². The van der Waals surface area contributed by atoms with Crippen LogP contribution in [0, 0.1) is 6.92 Å². The SMILES string of the molecule is Cc1ccc(NC(=S)NC(=O)COc2ccccc2)cc1. The van der Waals surface area contributed by atoms with E-state index in [0.29, 0.717) is 5.75 Å². The minimum absolute atomic E-state index is 0.0836. The van der Waals surface area contributed by atoms with Gasteiger partial charge in [0.15, 0.2) is 11.7 Å². The quantitative estimate of drug-likeness (QED) is 0.853. The Morgan fingerprint density at radius 2 is 1.76 bits per heavy atom. The molecule has 2 rings (SSSR count). The lowest BCUT2D eigenvalue weighted by molar-refractivity contribution is -0.121. The lowest BCUT2D eigenvalue weighted by Crippen LogP contribution is -2.37. The zero-order valence-corrected chi connectivity index (χ0v) is 12.4. The lowest BCUT2D eigenvalue weighted by Gasteiger charge is -2.10. The number of amides is 1. The zero-order chi connectivity index (χ0) is 15.1. The first-order valence-electron chi connectivity index (χ1n) is 6.49. The maximum absolute atomic E-state index is 11.7. The van der Waals surface area contributed by atoms with Crippen molar-refractivity contribution in [2.45, 2.75) is 6.92 Å². The highest BCUT2D eigenvalue weighted by atomic mass is 32.1. The van der Waals surface area contributed by atoms with E-state index in [4.69, 9.17) is 17.0 Å². The first-order valence-corrected chi connectivity index (χ1v) is 6.89. The average Bonchev–Trinajstić information content (AvgIpc) is 2.48. The number of ether oxygens (including phenoxy) is 1. The summed E-state index contributed by atoms with van der Waals surface area (Å²) in [5.74, 6) is 0.341. The van der Waals surface area contributed by atoms with Crippen LogP contribution >= 0.6 is 12.2 Å². The van der Waals surface area contributed by atoms with E-state index in [0.717, 1.165) is 11.3 Å². The summed E-state index contributed by atoms with van der Waals surface area (Å²) in [5, 5.41) is 5.76. The molecule has 0 saturated carbocycles. The third kappa shape index (κ3) is 5.24. The summed E-state index contributed by atoms with van der Waals surface area (Å²) < 4.78 is 5.34. The van der Waals surface area contributed by atoms with E-state index in [2.05, 4.69) is 10.6 Å². The molecule has 2 aromatic rings. The molecule has 0 atom stereocenters. The van der Waals surface area contributed by atoms with Crippen LogP contribution in [0.15, 0.2) is 54.6 Å². The number of para-hydroxylation sites is 1. The van der Waals surface area contributed by atoms with Gasteiger partial charge >= 0.3 is 0 Å². The Morgan fingerprint density at radius 3 is 2.43 bits per heavy atom. The van der Waals surface area contributed by atoms with Gasteiger partial charge in [-0.25, -0.2) is 0 Å². The van der Waals surface area contributed by atoms with Crippen LogP contribution in [0.1, 0.15) is 5.56 Å². The van der Waals surface area contributed by atoms with E-state index in [1.807, 2.05) is 49.4 Å². The maximum atomic E-state index is 11.7. The molecule has 0 spiro atoms. The average molecular weight is 300 g/mol. The topological polar surface area (TPSA) is 50.4 Å². The fourth-order valence-corrected chi connectivity index (χ4v) is 1.86. The Balaban J connectivity index is 1.77. The normalized spacial score (nSPS) is 9.76. The lowest BCUT2D eigenvalue weighted by atomic mass is 10.2. The number of rotatable bonds is 4. The summed E-state index contributed by atoms with van der Waals surface area (Å²) in [5.41, 5.74) is 1.99. The number of carbonyl (C=O) groups is 1. The molecule has 2 aromatic carbocycles. The molecule has 0 bridgehead atoms. The Bertz CT molecular complexity index is 612. The molecule has 108 valence electrons. The Kier molecular flexibility index (Phi) is 5.29. The number of hydrogen-bond acceptors (Lipinski definition) is 3. The number of anilines is 1. The molecule has 4 nitrogen and oxygen atoms in total. The maximum Gasteiger partial charge on any atom is 0.264 e. The molecule has 5 heteroatoms. The number of nitrogens with one attached hydrogen (secondary N) is 2. The van der Waals surface area contributed by atoms with E-state index in [9.17, 15) is 4.79 Å². The van der Waals surface area contributed by atoms with E-state index < -0.39 is 0 Å². The van der Waals surface area contributed by atoms with Crippen LogP contribution < -0.4 is 15.4 Å². The van der Waals surface area contributed by atoms with Crippen molar-refractivity contribution in [2.75, 3.05) is 11.9 Å². The van der Waals surface area contributed by atoms with Crippen molar-refractivity contribution >= 4 is 28.9 Å². The molecule has 21 heavy (non-hydrogen) atoms. The summed E-state index contributed by atoms with van der Waals surface area (Å²) in [6.07, 6.45) is 0. The monoisotopic (exact) mass is 300 g/mol. The molecule has 2 N–H and O–H groups in total. The van der Waals surface area contributed by atoms with Crippen molar-refractivity contribution in [3.8, 4) is 5.75 Å². The van der Waals surface area contributed by atoms with E-state index in [-0.39, 0.29) is 17.6 Å². The van der Waals surface area contributed by atoms with Crippen LogP contribution in [-0.4, -0.2) is 17.6 Å². The Labute approximate surface area is 129 Å². The molecule has 0 fully saturated rings. The molecular formula is C16H16N2O2S. The number of thiocarbonyl (C=S) groups is 1. The minimum Gasteiger partial charge on any atom is -0.484 e. The van der Waals surface area contributed by atoms with Crippen molar-refractivity contribution in [3.63, 3.8) is 0 Å². The van der Waals surface area contributed by atoms with E-state index in [1.165, 1.54) is 0 Å². The fourth-order valence-electron chi connectivity index (χ4n) is 1.63. The highest BCUT2D eigenvalue weighted by Crippen LogP contribution is 2.09. The van der Waals surface area contributed by atoms with Crippen molar-refractivity contribution < 1.29 is 9.53 Å². The van der Waals surface area contributed by atoms with Gasteiger partial charge in [-0.3, -0.25) is 10.1 Å². The predicted molar refractivity (Wildman–Crippen MR) is 87.5 cm³/mol. The Hall–Kier alpha value is -2.40. The minimum atomic E-state index is -0.302. The molecular weight excluding hydrogens is 284 g/mol. The van der Waals surface area contributed by atoms with Crippen molar-refractivity contribution in [2.24, 2.45) is 0 Å². The Morgan fingerprint density at radius 1 is 1.10 bits per heavy atom. The number of benzene rings is 2. The van der Waals surface area contributed by atoms with Gasteiger partial charge in [-0.1, -0.05) is 35.9 Å². The van der Waals surface area contributed by atoms with Crippen molar-refractivity contribution in [1.82, 2.24) is 5.32 Å². The molecule has 0 aromatic heterocycles. The van der Waals surface area contributed by atoms with Gasteiger partial charge in [-0.15, -0.1) is 0 Å². The fraction of sp³-hybridized carbons (Fsp3) is 0.125. The standard InChI is InChI=1S/C16H16N2O2S/c1-12-7-9-13(10-8-12)17-16(21)18-15(19)11-20-14-5-3-2-4-6-14/h2-10H,11H2,1H3,(H2,17,18,19,21). The second-order valence-corrected chi connectivity index (χ2v) is 4.88. The highest BCUT2D eigenvalue weighted by molar-refractivity contribution is 7.80. The van der Waals surface area contributed by atoms with Crippen LogP contribution in [0.3, 0.4) is 0 Å². The van der Waals surface area contributed by atoms with E-state index in [1.54, 1.807) is 12.1 Å². The largest absolute Gasteiger partial charge is 0.484 e. The van der Waals surface area contributed by atoms with Gasteiger partial charge in [0.25, 0.3) is 5.91 Å². The number of aryl methyl sites for hydroxylation is 1. The summed E-state index contributed by atoms with van der Waals surface area (Å²) in [6.45, 7) is 1.92. The van der Waals surface area contributed by atoms with Crippen molar-refractivity contribution in [1.29, 1.82) is 0 Å². The van der Waals surface area contributed by atoms with E-state index >= 15 is 0 Å². The zero-order valence-electron chi connectivity index (χ0n) is 11.6. The molecule has 0 aliphatic rings. The summed E-state index contributed by atoms with van der Waals surface area (Å²) >= 11 is 5.08.